The molecular weight excluding hydrogens is 390 g/mol. The minimum Gasteiger partial charge on any atom is -0.493 e. The van der Waals surface area contributed by atoms with Crippen molar-refractivity contribution >= 4 is 23.5 Å². The van der Waals surface area contributed by atoms with E-state index >= 15 is 0 Å². The van der Waals surface area contributed by atoms with Gasteiger partial charge in [-0.15, -0.1) is 11.3 Å². The molecule has 1 amide bonds. The van der Waals surface area contributed by atoms with E-state index in [1.54, 1.807) is 41.5 Å². The summed E-state index contributed by atoms with van der Waals surface area (Å²) in [6.45, 7) is 6.24. The predicted octanol–water partition coefficient (Wildman–Crippen LogP) is 3.00. The van der Waals surface area contributed by atoms with Crippen LogP contribution in [0.1, 0.15) is 27.7 Å². The number of hydrogen-bond acceptors (Lipinski definition) is 7. The summed E-state index contributed by atoms with van der Waals surface area (Å²) in [5.74, 6) is 0.941. The molecule has 3 rings (SSSR count). The molecule has 0 spiro atoms. The molecule has 152 valence electrons. The molecule has 2 heterocycles. The minimum absolute atomic E-state index is 0.114. The van der Waals surface area contributed by atoms with Gasteiger partial charge in [-0.2, -0.15) is 10.2 Å². The molecule has 0 radical (unpaired) electrons. The summed E-state index contributed by atoms with van der Waals surface area (Å²) in [4.78, 5) is 16.4. The third-order valence-corrected chi connectivity index (χ3v) is 4.85. The standard InChI is InChI=1S/C20H23N5O3S/c1-13-7-14(2)25(24-13)10-20(26)23-21-9-16-5-6-18(19(8-16)27-4)28-11-17-12-29-15(3)22-17/h5-9,12H,10-11H2,1-4H3,(H,23,26)/b21-9-. The molecule has 0 aliphatic rings. The van der Waals surface area contributed by atoms with E-state index < -0.39 is 0 Å². The van der Waals surface area contributed by atoms with Gasteiger partial charge < -0.3 is 9.47 Å². The lowest BCUT2D eigenvalue weighted by atomic mass is 10.2. The van der Waals surface area contributed by atoms with Crippen LogP contribution in [0.2, 0.25) is 0 Å². The van der Waals surface area contributed by atoms with Gasteiger partial charge in [-0.05, 0) is 50.6 Å². The van der Waals surface area contributed by atoms with E-state index in [1.807, 2.05) is 38.3 Å². The van der Waals surface area contributed by atoms with Gasteiger partial charge in [0.05, 0.1) is 29.7 Å². The molecule has 0 aliphatic heterocycles. The first-order valence-electron chi connectivity index (χ1n) is 8.99. The van der Waals surface area contributed by atoms with Gasteiger partial charge in [-0.1, -0.05) is 0 Å². The van der Waals surface area contributed by atoms with Crippen LogP contribution in [0.15, 0.2) is 34.7 Å². The van der Waals surface area contributed by atoms with Crippen LogP contribution in [-0.2, 0) is 17.9 Å². The largest absolute Gasteiger partial charge is 0.493 e. The number of benzene rings is 1. The Morgan fingerprint density at radius 2 is 2.10 bits per heavy atom. The number of ether oxygens (including phenoxy) is 2. The molecule has 0 aliphatic carbocycles. The number of aromatic nitrogens is 3. The SMILES string of the molecule is COc1cc(/C=N\NC(=O)Cn2nc(C)cc2C)ccc1OCc1csc(C)n1. The fourth-order valence-electron chi connectivity index (χ4n) is 2.70. The molecule has 0 atom stereocenters. The normalized spacial score (nSPS) is 11.0. The summed E-state index contributed by atoms with van der Waals surface area (Å²) in [5.41, 5.74) is 5.96. The van der Waals surface area contributed by atoms with Gasteiger partial charge in [-0.25, -0.2) is 10.4 Å². The first-order valence-corrected chi connectivity index (χ1v) is 9.87. The predicted molar refractivity (Wildman–Crippen MR) is 112 cm³/mol. The Hall–Kier alpha value is -3.20. The van der Waals surface area contributed by atoms with Crippen LogP contribution in [0.4, 0.5) is 0 Å². The van der Waals surface area contributed by atoms with E-state index in [-0.39, 0.29) is 12.5 Å². The number of hydrazone groups is 1. The van der Waals surface area contributed by atoms with E-state index in [4.69, 9.17) is 9.47 Å². The summed E-state index contributed by atoms with van der Waals surface area (Å²) in [5, 5.41) is 11.2. The van der Waals surface area contributed by atoms with Crippen LogP contribution in [0.3, 0.4) is 0 Å². The molecule has 9 heteroatoms. The van der Waals surface area contributed by atoms with Crippen molar-refractivity contribution in [3.05, 3.63) is 57.3 Å². The molecule has 8 nitrogen and oxygen atoms in total. The fraction of sp³-hybridized carbons (Fsp3) is 0.300. The highest BCUT2D eigenvalue weighted by atomic mass is 32.1. The summed E-state index contributed by atoms with van der Waals surface area (Å²) in [6.07, 6.45) is 1.55. The maximum Gasteiger partial charge on any atom is 0.261 e. The lowest BCUT2D eigenvalue weighted by Crippen LogP contribution is -2.24. The number of carbonyl (C=O) groups is 1. The molecule has 2 aromatic heterocycles. The van der Waals surface area contributed by atoms with E-state index in [9.17, 15) is 4.79 Å². The Balaban J connectivity index is 1.57. The van der Waals surface area contributed by atoms with E-state index in [1.165, 1.54) is 0 Å². The Kier molecular flexibility index (Phi) is 6.61. The van der Waals surface area contributed by atoms with Crippen molar-refractivity contribution in [1.29, 1.82) is 0 Å². The molecule has 1 N–H and O–H groups in total. The van der Waals surface area contributed by atoms with Crippen LogP contribution >= 0.6 is 11.3 Å². The van der Waals surface area contributed by atoms with E-state index in [0.717, 1.165) is 27.7 Å². The molecule has 0 saturated heterocycles. The van der Waals surface area contributed by atoms with Gasteiger partial charge in [0.25, 0.3) is 5.91 Å². The maximum absolute atomic E-state index is 12.0. The summed E-state index contributed by atoms with van der Waals surface area (Å²) < 4.78 is 12.8. The fourth-order valence-corrected chi connectivity index (χ4v) is 3.29. The molecule has 0 fully saturated rings. The topological polar surface area (TPSA) is 90.6 Å². The summed E-state index contributed by atoms with van der Waals surface area (Å²) in [7, 11) is 1.58. The van der Waals surface area contributed by atoms with Gasteiger partial charge in [0.1, 0.15) is 13.2 Å². The van der Waals surface area contributed by atoms with Crippen molar-refractivity contribution in [3.63, 3.8) is 0 Å². The van der Waals surface area contributed by atoms with Gasteiger partial charge in [0, 0.05) is 11.1 Å². The minimum atomic E-state index is -0.252. The zero-order chi connectivity index (χ0) is 20.8. The first-order chi connectivity index (χ1) is 13.9. The Morgan fingerprint density at radius 3 is 2.76 bits per heavy atom. The van der Waals surface area contributed by atoms with Gasteiger partial charge in [0.15, 0.2) is 11.5 Å². The Labute approximate surface area is 173 Å². The van der Waals surface area contributed by atoms with Gasteiger partial charge >= 0.3 is 0 Å². The summed E-state index contributed by atoms with van der Waals surface area (Å²) in [6, 6.07) is 7.35. The number of aryl methyl sites for hydroxylation is 3. The molecule has 1 aromatic carbocycles. The second-order valence-corrected chi connectivity index (χ2v) is 7.50. The third-order valence-electron chi connectivity index (χ3n) is 4.03. The van der Waals surface area contributed by atoms with Crippen LogP contribution in [-0.4, -0.2) is 34.0 Å². The molecule has 0 saturated carbocycles. The van der Waals surface area contributed by atoms with Crippen molar-refractivity contribution < 1.29 is 14.3 Å². The average molecular weight is 414 g/mol. The number of carbonyl (C=O) groups excluding carboxylic acids is 1. The monoisotopic (exact) mass is 413 g/mol. The second-order valence-electron chi connectivity index (χ2n) is 6.43. The number of nitrogens with zero attached hydrogens (tertiary/aromatic N) is 4. The summed E-state index contributed by atoms with van der Waals surface area (Å²) >= 11 is 1.59. The number of rotatable bonds is 8. The number of thiazole rings is 1. The van der Waals surface area contributed by atoms with Crippen LogP contribution in [0.25, 0.3) is 0 Å². The number of hydrogen-bond donors (Lipinski definition) is 1. The zero-order valence-electron chi connectivity index (χ0n) is 16.8. The highest BCUT2D eigenvalue weighted by molar-refractivity contribution is 7.09. The molecule has 0 bridgehead atoms. The van der Waals surface area contributed by atoms with Crippen LogP contribution in [0.5, 0.6) is 11.5 Å². The van der Waals surface area contributed by atoms with Crippen molar-refractivity contribution in [3.8, 4) is 11.5 Å². The first kappa shape index (κ1) is 20.5. The zero-order valence-corrected chi connectivity index (χ0v) is 17.6. The molecule has 29 heavy (non-hydrogen) atoms. The van der Waals surface area contributed by atoms with Crippen LogP contribution in [0, 0.1) is 20.8 Å². The second kappa shape index (κ2) is 9.33. The third kappa shape index (κ3) is 5.64. The number of amides is 1. The lowest BCUT2D eigenvalue weighted by molar-refractivity contribution is -0.121. The Bertz CT molecular complexity index is 1030. The maximum atomic E-state index is 12.0. The van der Waals surface area contributed by atoms with E-state index in [0.29, 0.717) is 18.1 Å². The van der Waals surface area contributed by atoms with Crippen LogP contribution < -0.4 is 14.9 Å². The highest BCUT2D eigenvalue weighted by Crippen LogP contribution is 2.28. The highest BCUT2D eigenvalue weighted by Gasteiger charge is 2.08. The van der Waals surface area contributed by atoms with Crippen molar-refractivity contribution in [2.24, 2.45) is 5.10 Å². The van der Waals surface area contributed by atoms with Crippen molar-refractivity contribution in [2.45, 2.75) is 33.9 Å². The Morgan fingerprint density at radius 1 is 1.28 bits per heavy atom. The average Bonchev–Trinajstić information content (AvgIpc) is 3.24. The molecular formula is C20H23N5O3S. The van der Waals surface area contributed by atoms with E-state index in [2.05, 4.69) is 20.6 Å². The molecule has 3 aromatic rings. The van der Waals surface area contributed by atoms with Gasteiger partial charge in [-0.3, -0.25) is 9.48 Å². The van der Waals surface area contributed by atoms with Crippen molar-refractivity contribution in [2.75, 3.05) is 7.11 Å². The quantitative estimate of drug-likeness (QED) is 0.453. The lowest BCUT2D eigenvalue weighted by Gasteiger charge is -2.10. The van der Waals surface area contributed by atoms with Crippen molar-refractivity contribution in [1.82, 2.24) is 20.2 Å². The smallest absolute Gasteiger partial charge is 0.261 e. The number of methoxy groups -OCH3 is 1. The van der Waals surface area contributed by atoms with Gasteiger partial charge in [0.2, 0.25) is 0 Å². The molecule has 0 unspecified atom stereocenters. The number of nitrogens with one attached hydrogen (secondary N) is 1.